The quantitative estimate of drug-likeness (QED) is 0.459. The zero-order chi connectivity index (χ0) is 11.1. The van der Waals surface area contributed by atoms with Crippen molar-refractivity contribution in [3.63, 3.8) is 0 Å². The van der Waals surface area contributed by atoms with E-state index in [1.807, 2.05) is 0 Å². The van der Waals surface area contributed by atoms with Gasteiger partial charge in [-0.3, -0.25) is 4.79 Å². The van der Waals surface area contributed by atoms with Crippen molar-refractivity contribution in [3.05, 3.63) is 36.1 Å². The Kier molecular flexibility index (Phi) is 5.33. The van der Waals surface area contributed by atoms with E-state index in [1.165, 1.54) is 19.1 Å². The third-order valence-corrected chi connectivity index (χ3v) is 1.57. The van der Waals surface area contributed by atoms with Crippen LogP contribution in [0, 0.1) is 0 Å². The molecule has 0 rings (SSSR count). The van der Waals surface area contributed by atoms with Crippen LogP contribution in [0.5, 0.6) is 0 Å². The molecule has 0 aromatic heterocycles. The maximum Gasteiger partial charge on any atom is 0.320 e. The fourth-order valence-electron chi connectivity index (χ4n) is 0.788. The predicted molar refractivity (Wildman–Crippen MR) is 54.9 cm³/mol. The Hall–Kier alpha value is -1.55. The van der Waals surface area contributed by atoms with Crippen LogP contribution in [0.15, 0.2) is 36.1 Å². The minimum absolute atomic E-state index is 0.147. The van der Waals surface area contributed by atoms with Gasteiger partial charge in [0.2, 0.25) is 0 Å². The first-order chi connectivity index (χ1) is 6.47. The molecule has 0 aliphatic heterocycles. The van der Waals surface area contributed by atoms with Gasteiger partial charge in [-0.05, 0) is 25.0 Å². The first-order valence-corrected chi connectivity index (χ1v) is 4.14. The molecule has 1 unspecified atom stereocenters. The van der Waals surface area contributed by atoms with Crippen molar-refractivity contribution in [2.45, 2.75) is 19.4 Å². The lowest BCUT2D eigenvalue weighted by molar-refractivity contribution is -0.138. The SMILES string of the molecule is C=C/C(=C\C=C(/C)O)CC(N)C(=O)O. The van der Waals surface area contributed by atoms with Crippen LogP contribution in [-0.2, 0) is 4.79 Å². The van der Waals surface area contributed by atoms with Crippen LogP contribution < -0.4 is 5.73 Å². The maximum absolute atomic E-state index is 10.4. The van der Waals surface area contributed by atoms with E-state index < -0.39 is 12.0 Å². The normalized spacial score (nSPS) is 15.0. The second-order valence-corrected chi connectivity index (χ2v) is 2.90. The van der Waals surface area contributed by atoms with E-state index >= 15 is 0 Å². The van der Waals surface area contributed by atoms with Crippen LogP contribution in [0.25, 0.3) is 0 Å². The molecule has 14 heavy (non-hydrogen) atoms. The number of aliphatic hydroxyl groups excluding tert-OH is 1. The molecule has 0 bridgehead atoms. The summed E-state index contributed by atoms with van der Waals surface area (Å²) in [4.78, 5) is 10.4. The molecule has 0 spiro atoms. The molecule has 78 valence electrons. The highest BCUT2D eigenvalue weighted by molar-refractivity contribution is 5.73. The number of carboxylic acids is 1. The summed E-state index contributed by atoms with van der Waals surface area (Å²) in [6.45, 7) is 5.05. The van der Waals surface area contributed by atoms with Crippen molar-refractivity contribution in [1.82, 2.24) is 0 Å². The Morgan fingerprint density at radius 2 is 2.07 bits per heavy atom. The number of carbonyl (C=O) groups is 1. The van der Waals surface area contributed by atoms with Gasteiger partial charge in [0.05, 0.1) is 5.76 Å². The summed E-state index contributed by atoms with van der Waals surface area (Å²) in [5.74, 6) is -0.907. The number of hydrogen-bond donors (Lipinski definition) is 3. The highest BCUT2D eigenvalue weighted by Crippen LogP contribution is 2.06. The topological polar surface area (TPSA) is 83.5 Å². The molecule has 0 saturated carbocycles. The third kappa shape index (κ3) is 5.16. The first kappa shape index (κ1) is 12.4. The van der Waals surface area contributed by atoms with Gasteiger partial charge in [-0.15, -0.1) is 0 Å². The number of rotatable bonds is 5. The summed E-state index contributed by atoms with van der Waals surface area (Å²) in [7, 11) is 0. The van der Waals surface area contributed by atoms with Crippen molar-refractivity contribution in [2.24, 2.45) is 5.73 Å². The minimum Gasteiger partial charge on any atom is -0.513 e. The Balaban J connectivity index is 4.44. The van der Waals surface area contributed by atoms with Crippen LogP contribution in [-0.4, -0.2) is 22.2 Å². The summed E-state index contributed by atoms with van der Waals surface area (Å²) >= 11 is 0. The summed E-state index contributed by atoms with van der Waals surface area (Å²) in [6.07, 6.45) is 4.77. The van der Waals surface area contributed by atoms with Gasteiger partial charge < -0.3 is 15.9 Å². The van der Waals surface area contributed by atoms with Crippen molar-refractivity contribution in [3.8, 4) is 0 Å². The number of nitrogens with two attached hydrogens (primary N) is 1. The average Bonchev–Trinajstić information content (AvgIpc) is 2.11. The Morgan fingerprint density at radius 3 is 2.43 bits per heavy atom. The van der Waals surface area contributed by atoms with Crippen LogP contribution in [0.3, 0.4) is 0 Å². The molecule has 0 amide bonds. The fourth-order valence-corrected chi connectivity index (χ4v) is 0.788. The molecule has 0 fully saturated rings. The molecule has 0 aliphatic rings. The van der Waals surface area contributed by atoms with Crippen LogP contribution in [0.2, 0.25) is 0 Å². The van der Waals surface area contributed by atoms with Crippen LogP contribution in [0.1, 0.15) is 13.3 Å². The monoisotopic (exact) mass is 197 g/mol. The average molecular weight is 197 g/mol. The van der Waals surface area contributed by atoms with Crippen LogP contribution >= 0.6 is 0 Å². The van der Waals surface area contributed by atoms with E-state index in [1.54, 1.807) is 6.08 Å². The lowest BCUT2D eigenvalue weighted by Crippen LogP contribution is -2.30. The standard InChI is InChI=1S/C10H15NO3/c1-3-8(5-4-7(2)12)6-9(11)10(13)14/h3-5,9,12H,1,6,11H2,2H3,(H,13,14)/b7-4+,8-5+. The van der Waals surface area contributed by atoms with Gasteiger partial charge in [-0.1, -0.05) is 18.7 Å². The lowest BCUT2D eigenvalue weighted by atomic mass is 10.1. The second kappa shape index (κ2) is 5.99. The van der Waals surface area contributed by atoms with Gasteiger partial charge in [0.25, 0.3) is 0 Å². The highest BCUT2D eigenvalue weighted by Gasteiger charge is 2.11. The van der Waals surface area contributed by atoms with E-state index in [0.717, 1.165) is 0 Å². The zero-order valence-corrected chi connectivity index (χ0v) is 8.10. The van der Waals surface area contributed by atoms with Gasteiger partial charge in [-0.2, -0.15) is 0 Å². The van der Waals surface area contributed by atoms with Crippen LogP contribution in [0.4, 0.5) is 0 Å². The number of carboxylic acid groups (broad SMARTS) is 1. The molecular weight excluding hydrogens is 182 g/mol. The van der Waals surface area contributed by atoms with Crippen molar-refractivity contribution in [2.75, 3.05) is 0 Å². The molecular formula is C10H15NO3. The van der Waals surface area contributed by atoms with E-state index in [9.17, 15) is 4.79 Å². The van der Waals surface area contributed by atoms with E-state index in [0.29, 0.717) is 5.57 Å². The molecule has 0 heterocycles. The number of allylic oxidation sites excluding steroid dienone is 4. The van der Waals surface area contributed by atoms with Crippen molar-refractivity contribution in [1.29, 1.82) is 0 Å². The van der Waals surface area contributed by atoms with Crippen molar-refractivity contribution < 1.29 is 15.0 Å². The molecule has 0 aromatic carbocycles. The largest absolute Gasteiger partial charge is 0.513 e. The van der Waals surface area contributed by atoms with Gasteiger partial charge in [-0.25, -0.2) is 0 Å². The molecule has 1 atom stereocenters. The highest BCUT2D eigenvalue weighted by atomic mass is 16.4. The van der Waals surface area contributed by atoms with E-state index in [2.05, 4.69) is 6.58 Å². The first-order valence-electron chi connectivity index (χ1n) is 4.14. The number of aliphatic hydroxyl groups is 1. The molecule has 4 nitrogen and oxygen atoms in total. The number of hydrogen-bond acceptors (Lipinski definition) is 3. The molecule has 4 heteroatoms. The Morgan fingerprint density at radius 1 is 1.50 bits per heavy atom. The minimum atomic E-state index is -1.05. The van der Waals surface area contributed by atoms with Gasteiger partial charge >= 0.3 is 5.97 Å². The Labute approximate surface area is 83.0 Å². The lowest BCUT2D eigenvalue weighted by Gasteiger charge is -2.05. The Bertz CT molecular complexity index is 275. The molecule has 4 N–H and O–H groups in total. The summed E-state index contributed by atoms with van der Waals surface area (Å²) in [6, 6.07) is -0.938. The third-order valence-electron chi connectivity index (χ3n) is 1.57. The van der Waals surface area contributed by atoms with E-state index in [4.69, 9.17) is 15.9 Å². The summed E-state index contributed by atoms with van der Waals surface area (Å²) in [5.41, 5.74) is 6.00. The van der Waals surface area contributed by atoms with Crippen molar-refractivity contribution >= 4 is 5.97 Å². The van der Waals surface area contributed by atoms with Gasteiger partial charge in [0, 0.05) is 0 Å². The maximum atomic E-state index is 10.4. The number of aliphatic carboxylic acids is 1. The smallest absolute Gasteiger partial charge is 0.320 e. The predicted octanol–water partition coefficient (Wildman–Crippen LogP) is 1.36. The van der Waals surface area contributed by atoms with Gasteiger partial charge in [0.15, 0.2) is 0 Å². The van der Waals surface area contributed by atoms with Gasteiger partial charge in [0.1, 0.15) is 6.04 Å². The second-order valence-electron chi connectivity index (χ2n) is 2.90. The molecule has 0 aliphatic carbocycles. The fraction of sp³-hybridized carbons (Fsp3) is 0.300. The summed E-state index contributed by atoms with van der Waals surface area (Å²) in [5, 5.41) is 17.4. The zero-order valence-electron chi connectivity index (χ0n) is 8.10. The molecule has 0 saturated heterocycles. The molecule has 0 radical (unpaired) electrons. The van der Waals surface area contributed by atoms with E-state index in [-0.39, 0.29) is 12.2 Å². The molecule has 0 aromatic rings. The summed E-state index contributed by atoms with van der Waals surface area (Å²) < 4.78 is 0.